The summed E-state index contributed by atoms with van der Waals surface area (Å²) in [5.41, 5.74) is 2.39. The van der Waals surface area contributed by atoms with Crippen LogP contribution in [0.5, 0.6) is 11.5 Å². The summed E-state index contributed by atoms with van der Waals surface area (Å²) in [6, 6.07) is 14.6. The Hall–Kier alpha value is -3.06. The van der Waals surface area contributed by atoms with Crippen molar-refractivity contribution >= 4 is 11.9 Å². The lowest BCUT2D eigenvalue weighted by molar-refractivity contribution is 0.104. The Morgan fingerprint density at radius 2 is 1.84 bits per heavy atom. The van der Waals surface area contributed by atoms with Gasteiger partial charge >= 0.3 is 0 Å². The molecule has 0 saturated carbocycles. The van der Waals surface area contributed by atoms with Gasteiger partial charge in [-0.05, 0) is 30.2 Å². The van der Waals surface area contributed by atoms with E-state index < -0.39 is 0 Å². The Morgan fingerprint density at radius 1 is 1.12 bits per heavy atom. The lowest BCUT2D eigenvalue weighted by atomic mass is 9.99. The average Bonchev–Trinajstić information content (AvgIpc) is 2.66. The number of carbonyl (C=O) groups is 1. The lowest BCUT2D eigenvalue weighted by Gasteiger charge is -2.08. The van der Waals surface area contributed by atoms with Crippen molar-refractivity contribution in [3.05, 3.63) is 64.7 Å². The highest BCUT2D eigenvalue weighted by Crippen LogP contribution is 2.27. The molecule has 0 fully saturated rings. The van der Waals surface area contributed by atoms with Crippen molar-refractivity contribution in [2.75, 3.05) is 14.2 Å². The van der Waals surface area contributed by atoms with E-state index in [0.717, 1.165) is 12.8 Å². The number of Topliss-reactive ketones (excluding diaryl/α,β-unsaturated/α-hetero) is 1. The molecule has 0 N–H and O–H groups in total. The molecule has 0 radical (unpaired) electrons. The largest absolute Gasteiger partial charge is 0.497 e. The molecule has 2 rings (SSSR count). The van der Waals surface area contributed by atoms with Gasteiger partial charge in [-0.3, -0.25) is 4.79 Å². The summed E-state index contributed by atoms with van der Waals surface area (Å²) in [4.78, 5) is 12.6. The molecule has 0 saturated heterocycles. The number of ether oxygens (including phenoxy) is 2. The van der Waals surface area contributed by atoms with Crippen molar-refractivity contribution in [1.29, 1.82) is 5.26 Å². The van der Waals surface area contributed by atoms with E-state index in [1.165, 1.54) is 12.7 Å². The Labute approximate surface area is 148 Å². The third-order valence-corrected chi connectivity index (χ3v) is 3.86. The van der Waals surface area contributed by atoms with Gasteiger partial charge in [0.1, 0.15) is 23.1 Å². The van der Waals surface area contributed by atoms with Crippen molar-refractivity contribution in [3.63, 3.8) is 0 Å². The Morgan fingerprint density at radius 3 is 2.40 bits per heavy atom. The number of ketones is 1. The quantitative estimate of drug-likeness (QED) is 0.426. The summed E-state index contributed by atoms with van der Waals surface area (Å²) >= 11 is 0. The molecule has 0 amide bonds. The predicted molar refractivity (Wildman–Crippen MR) is 97.9 cm³/mol. The van der Waals surface area contributed by atoms with Gasteiger partial charge in [-0.1, -0.05) is 37.6 Å². The maximum absolute atomic E-state index is 12.6. The number of carbonyl (C=O) groups excluding carboxylic acids is 1. The summed E-state index contributed by atoms with van der Waals surface area (Å²) in [6.45, 7) is 2.11. The third kappa shape index (κ3) is 4.48. The first-order chi connectivity index (χ1) is 12.1. The molecule has 0 aromatic heterocycles. The normalized spacial score (nSPS) is 10.9. The number of nitrogens with zero attached hydrogens (tertiary/aromatic N) is 1. The fourth-order valence-electron chi connectivity index (χ4n) is 2.51. The number of allylic oxidation sites excluding steroid dienone is 1. The molecule has 0 spiro atoms. The molecule has 128 valence electrons. The van der Waals surface area contributed by atoms with Gasteiger partial charge in [0.15, 0.2) is 0 Å². The van der Waals surface area contributed by atoms with E-state index in [0.29, 0.717) is 22.6 Å². The number of methoxy groups -OCH3 is 2. The van der Waals surface area contributed by atoms with Crippen LogP contribution in [0.1, 0.15) is 34.8 Å². The smallest absolute Gasteiger partial charge is 0.203 e. The zero-order chi connectivity index (χ0) is 18.2. The second kappa shape index (κ2) is 8.70. The van der Waals surface area contributed by atoms with Gasteiger partial charge in [0, 0.05) is 17.2 Å². The van der Waals surface area contributed by atoms with Crippen molar-refractivity contribution in [1.82, 2.24) is 0 Å². The van der Waals surface area contributed by atoms with Crippen molar-refractivity contribution in [3.8, 4) is 17.6 Å². The van der Waals surface area contributed by atoms with E-state index in [9.17, 15) is 10.1 Å². The molecule has 0 atom stereocenters. The van der Waals surface area contributed by atoms with Crippen LogP contribution in [0, 0.1) is 11.3 Å². The van der Waals surface area contributed by atoms with Gasteiger partial charge in [-0.2, -0.15) is 5.26 Å². The highest BCUT2D eigenvalue weighted by Gasteiger charge is 2.13. The zero-order valence-corrected chi connectivity index (χ0v) is 14.7. The van der Waals surface area contributed by atoms with Crippen LogP contribution in [0.2, 0.25) is 0 Å². The van der Waals surface area contributed by atoms with Crippen molar-refractivity contribution in [2.24, 2.45) is 0 Å². The summed E-state index contributed by atoms with van der Waals surface area (Å²) in [6.07, 6.45) is 3.56. The van der Waals surface area contributed by atoms with Crippen LogP contribution in [0.15, 0.2) is 48.0 Å². The Bertz CT molecular complexity index is 814. The molecular formula is C21H21NO3. The van der Waals surface area contributed by atoms with E-state index in [4.69, 9.17) is 9.47 Å². The molecule has 0 unspecified atom stereocenters. The standard InChI is InChI=1S/C21H21NO3/c1-4-5-15-6-8-16(9-7-15)21(23)18(14-22)12-17-10-11-19(24-2)13-20(17)25-3/h6-13H,4-5H2,1-3H3/b18-12+. The Kier molecular flexibility index (Phi) is 6.36. The molecule has 0 aliphatic carbocycles. The first kappa shape index (κ1) is 18.3. The van der Waals surface area contributed by atoms with Gasteiger partial charge in [0.25, 0.3) is 0 Å². The third-order valence-electron chi connectivity index (χ3n) is 3.86. The number of benzene rings is 2. The minimum absolute atomic E-state index is 0.0618. The van der Waals surface area contributed by atoms with E-state index in [-0.39, 0.29) is 11.4 Å². The monoisotopic (exact) mass is 335 g/mol. The number of aryl methyl sites for hydroxylation is 1. The maximum atomic E-state index is 12.6. The van der Waals surface area contributed by atoms with Crippen LogP contribution in [0.25, 0.3) is 6.08 Å². The molecule has 25 heavy (non-hydrogen) atoms. The first-order valence-corrected chi connectivity index (χ1v) is 8.10. The van der Waals surface area contributed by atoms with E-state index in [2.05, 4.69) is 6.92 Å². The van der Waals surface area contributed by atoms with Gasteiger partial charge in [-0.15, -0.1) is 0 Å². The van der Waals surface area contributed by atoms with Gasteiger partial charge in [0.05, 0.1) is 14.2 Å². The zero-order valence-electron chi connectivity index (χ0n) is 14.7. The van der Waals surface area contributed by atoms with Crippen molar-refractivity contribution < 1.29 is 14.3 Å². The second-order valence-electron chi connectivity index (χ2n) is 5.55. The number of nitriles is 1. The van der Waals surface area contributed by atoms with Crippen LogP contribution < -0.4 is 9.47 Å². The maximum Gasteiger partial charge on any atom is 0.203 e. The fraction of sp³-hybridized carbons (Fsp3) is 0.238. The summed E-state index contributed by atoms with van der Waals surface area (Å²) in [5.74, 6) is 0.881. The van der Waals surface area contributed by atoms with E-state index in [1.807, 2.05) is 18.2 Å². The second-order valence-corrected chi connectivity index (χ2v) is 5.55. The highest BCUT2D eigenvalue weighted by molar-refractivity contribution is 6.14. The van der Waals surface area contributed by atoms with Crippen LogP contribution in [-0.2, 0) is 6.42 Å². The molecule has 2 aromatic rings. The predicted octanol–water partition coefficient (Wildman–Crippen LogP) is 4.45. The number of hydrogen-bond acceptors (Lipinski definition) is 4. The molecule has 0 heterocycles. The molecule has 4 nitrogen and oxygen atoms in total. The molecule has 4 heteroatoms. The highest BCUT2D eigenvalue weighted by atomic mass is 16.5. The lowest BCUT2D eigenvalue weighted by Crippen LogP contribution is -2.02. The van der Waals surface area contributed by atoms with E-state index in [1.54, 1.807) is 43.5 Å². The van der Waals surface area contributed by atoms with Gasteiger partial charge < -0.3 is 9.47 Å². The topological polar surface area (TPSA) is 59.3 Å². The van der Waals surface area contributed by atoms with Crippen molar-refractivity contribution in [2.45, 2.75) is 19.8 Å². The van der Waals surface area contributed by atoms with Gasteiger partial charge in [-0.25, -0.2) is 0 Å². The van der Waals surface area contributed by atoms with Gasteiger partial charge in [0.2, 0.25) is 5.78 Å². The first-order valence-electron chi connectivity index (χ1n) is 8.10. The van der Waals surface area contributed by atoms with Crippen LogP contribution in [-0.4, -0.2) is 20.0 Å². The van der Waals surface area contributed by atoms with Crippen LogP contribution in [0.3, 0.4) is 0 Å². The molecule has 0 bridgehead atoms. The minimum atomic E-state index is -0.302. The molecule has 2 aromatic carbocycles. The average molecular weight is 335 g/mol. The molecular weight excluding hydrogens is 314 g/mol. The number of hydrogen-bond donors (Lipinski definition) is 0. The SMILES string of the molecule is CCCc1ccc(C(=O)/C(C#N)=C/c2ccc(OC)cc2OC)cc1. The fourth-order valence-corrected chi connectivity index (χ4v) is 2.51. The van der Waals surface area contributed by atoms with E-state index >= 15 is 0 Å². The van der Waals surface area contributed by atoms with Crippen LogP contribution in [0.4, 0.5) is 0 Å². The molecule has 0 aliphatic heterocycles. The van der Waals surface area contributed by atoms with Crippen LogP contribution >= 0.6 is 0 Å². The molecule has 0 aliphatic rings. The summed E-state index contributed by atoms with van der Waals surface area (Å²) in [5, 5.41) is 9.42. The Balaban J connectivity index is 2.34. The summed E-state index contributed by atoms with van der Waals surface area (Å²) in [7, 11) is 3.10. The summed E-state index contributed by atoms with van der Waals surface area (Å²) < 4.78 is 10.5. The minimum Gasteiger partial charge on any atom is -0.497 e. The number of rotatable bonds is 7.